The van der Waals surface area contributed by atoms with Gasteiger partial charge in [0.1, 0.15) is 5.75 Å². The van der Waals surface area contributed by atoms with Gasteiger partial charge in [0.15, 0.2) is 0 Å². The van der Waals surface area contributed by atoms with Crippen LogP contribution in [0.5, 0.6) is 5.75 Å². The second-order valence-electron chi connectivity index (χ2n) is 6.67. The molecular weight excluding hydrogens is 340 g/mol. The molecule has 0 atom stereocenters. The first-order valence-electron chi connectivity index (χ1n) is 8.86. The maximum absolute atomic E-state index is 12.7. The van der Waals surface area contributed by atoms with Crippen molar-refractivity contribution < 1.29 is 18.3 Å². The molecule has 1 heterocycles. The van der Waals surface area contributed by atoms with Gasteiger partial charge >= 0.3 is 0 Å². The molecule has 1 amide bonds. The SMILES string of the molecule is Cn1cc(C(=O)Nc2ccccc2OCC2CCCC2)c(CC(F)F)n1. The lowest BCUT2D eigenvalue weighted by Gasteiger charge is -2.15. The minimum Gasteiger partial charge on any atom is -0.491 e. The fraction of sp³-hybridized carbons (Fsp3) is 0.474. The van der Waals surface area contributed by atoms with E-state index >= 15 is 0 Å². The third-order valence-electron chi connectivity index (χ3n) is 4.58. The van der Waals surface area contributed by atoms with E-state index in [9.17, 15) is 13.6 Å². The monoisotopic (exact) mass is 363 g/mol. The lowest BCUT2D eigenvalue weighted by atomic mass is 10.1. The number of carbonyl (C=O) groups excluding carboxylic acids is 1. The van der Waals surface area contributed by atoms with Crippen molar-refractivity contribution in [1.29, 1.82) is 0 Å². The number of ether oxygens (including phenoxy) is 1. The van der Waals surface area contributed by atoms with E-state index in [1.165, 1.54) is 36.6 Å². The predicted molar refractivity (Wildman–Crippen MR) is 94.8 cm³/mol. The molecule has 0 spiro atoms. The Morgan fingerprint density at radius 3 is 2.81 bits per heavy atom. The van der Waals surface area contributed by atoms with Gasteiger partial charge in [-0.25, -0.2) is 8.78 Å². The highest BCUT2D eigenvalue weighted by molar-refractivity contribution is 6.05. The standard InChI is InChI=1S/C19H23F2N3O2/c1-24-11-14(16(23-24)10-18(20)21)19(25)22-15-8-4-5-9-17(15)26-12-13-6-2-3-7-13/h4-5,8-9,11,13,18H,2-3,6-7,10,12H2,1H3,(H,22,25). The average molecular weight is 363 g/mol. The predicted octanol–water partition coefficient (Wildman–Crippen LogP) is 4.05. The van der Waals surface area contributed by atoms with Gasteiger partial charge in [-0.2, -0.15) is 5.10 Å². The summed E-state index contributed by atoms with van der Waals surface area (Å²) in [6, 6.07) is 7.17. The first-order chi connectivity index (χ1) is 12.5. The number of hydrogen-bond donors (Lipinski definition) is 1. The minimum atomic E-state index is -2.56. The highest BCUT2D eigenvalue weighted by atomic mass is 19.3. The molecule has 1 aromatic heterocycles. The Kier molecular flexibility index (Phi) is 5.85. The summed E-state index contributed by atoms with van der Waals surface area (Å²) in [6.07, 6.45) is 3.15. The van der Waals surface area contributed by atoms with Crippen LogP contribution in [0.15, 0.2) is 30.5 Å². The lowest BCUT2D eigenvalue weighted by Crippen LogP contribution is -2.16. The molecule has 0 unspecified atom stereocenters. The van der Waals surface area contributed by atoms with Crippen molar-refractivity contribution in [3.8, 4) is 5.75 Å². The molecule has 1 N–H and O–H groups in total. The molecule has 1 saturated carbocycles. The van der Waals surface area contributed by atoms with E-state index in [-0.39, 0.29) is 11.3 Å². The molecule has 2 aromatic rings. The Balaban J connectivity index is 1.71. The molecule has 0 bridgehead atoms. The summed E-state index contributed by atoms with van der Waals surface area (Å²) in [5, 5.41) is 6.74. The Bertz CT molecular complexity index is 755. The molecule has 26 heavy (non-hydrogen) atoms. The van der Waals surface area contributed by atoms with E-state index in [2.05, 4.69) is 10.4 Å². The first kappa shape index (κ1) is 18.4. The zero-order valence-electron chi connectivity index (χ0n) is 14.8. The van der Waals surface area contributed by atoms with Crippen molar-refractivity contribution >= 4 is 11.6 Å². The number of hydrogen-bond acceptors (Lipinski definition) is 3. The number of aromatic nitrogens is 2. The zero-order chi connectivity index (χ0) is 18.5. The largest absolute Gasteiger partial charge is 0.491 e. The van der Waals surface area contributed by atoms with Crippen LogP contribution < -0.4 is 10.1 Å². The molecular formula is C19H23F2N3O2. The molecule has 0 radical (unpaired) electrons. The minimum absolute atomic E-state index is 0.0874. The van der Waals surface area contributed by atoms with Crippen molar-refractivity contribution in [1.82, 2.24) is 9.78 Å². The Hall–Kier alpha value is -2.44. The maximum Gasteiger partial charge on any atom is 0.259 e. The van der Waals surface area contributed by atoms with Gasteiger partial charge in [0, 0.05) is 13.2 Å². The van der Waals surface area contributed by atoms with Gasteiger partial charge in [0.25, 0.3) is 5.91 Å². The summed E-state index contributed by atoms with van der Waals surface area (Å²) in [7, 11) is 1.60. The van der Waals surface area contributed by atoms with Crippen molar-refractivity contribution in [2.24, 2.45) is 13.0 Å². The van der Waals surface area contributed by atoms with Crippen LogP contribution in [-0.4, -0.2) is 28.7 Å². The van der Waals surface area contributed by atoms with E-state index in [1.807, 2.05) is 6.07 Å². The molecule has 140 valence electrons. The summed E-state index contributed by atoms with van der Waals surface area (Å²) in [4.78, 5) is 12.6. The highest BCUT2D eigenvalue weighted by Crippen LogP contribution is 2.29. The number of anilines is 1. The molecule has 1 aliphatic carbocycles. The molecule has 1 aliphatic rings. The smallest absolute Gasteiger partial charge is 0.259 e. The normalized spacial score (nSPS) is 14.8. The molecule has 1 aromatic carbocycles. The summed E-state index contributed by atoms with van der Waals surface area (Å²) < 4.78 is 32.7. The number of nitrogens with one attached hydrogen (secondary N) is 1. The fourth-order valence-corrected chi connectivity index (χ4v) is 3.29. The summed E-state index contributed by atoms with van der Waals surface area (Å²) >= 11 is 0. The van der Waals surface area contributed by atoms with Crippen LogP contribution in [0.1, 0.15) is 41.7 Å². The van der Waals surface area contributed by atoms with Crippen LogP contribution in [0.3, 0.4) is 0 Å². The summed E-state index contributed by atoms with van der Waals surface area (Å²) in [5.41, 5.74) is 0.769. The number of carbonyl (C=O) groups is 1. The van der Waals surface area contributed by atoms with Gasteiger partial charge in [-0.15, -0.1) is 0 Å². The van der Waals surface area contributed by atoms with Gasteiger partial charge < -0.3 is 10.1 Å². The summed E-state index contributed by atoms with van der Waals surface area (Å²) in [6.45, 7) is 0.621. The number of nitrogens with zero attached hydrogens (tertiary/aromatic N) is 2. The number of benzene rings is 1. The maximum atomic E-state index is 12.7. The third kappa shape index (κ3) is 4.59. The molecule has 7 heteroatoms. The first-order valence-corrected chi connectivity index (χ1v) is 8.86. The van der Waals surface area contributed by atoms with E-state index in [0.29, 0.717) is 24.0 Å². The molecule has 0 saturated heterocycles. The Morgan fingerprint density at radius 2 is 2.08 bits per heavy atom. The number of amides is 1. The third-order valence-corrected chi connectivity index (χ3v) is 4.58. The van der Waals surface area contributed by atoms with Crippen LogP contribution in [0, 0.1) is 5.92 Å². The lowest BCUT2D eigenvalue weighted by molar-refractivity contribution is 0.102. The number of aryl methyl sites for hydroxylation is 1. The van der Waals surface area contributed by atoms with Crippen LogP contribution >= 0.6 is 0 Å². The number of para-hydroxylation sites is 2. The van der Waals surface area contributed by atoms with Gasteiger partial charge in [-0.05, 0) is 30.9 Å². The molecule has 1 fully saturated rings. The second-order valence-corrected chi connectivity index (χ2v) is 6.67. The van der Waals surface area contributed by atoms with Gasteiger partial charge in [-0.1, -0.05) is 25.0 Å². The van der Waals surface area contributed by atoms with Crippen molar-refractivity contribution in [3.05, 3.63) is 41.7 Å². The molecule has 3 rings (SSSR count). The molecule has 0 aliphatic heterocycles. The topological polar surface area (TPSA) is 56.2 Å². The Morgan fingerprint density at radius 1 is 1.35 bits per heavy atom. The van der Waals surface area contributed by atoms with Crippen LogP contribution in [0.2, 0.25) is 0 Å². The van der Waals surface area contributed by atoms with E-state index < -0.39 is 18.8 Å². The van der Waals surface area contributed by atoms with Crippen LogP contribution in [0.4, 0.5) is 14.5 Å². The number of rotatable bonds is 7. The van der Waals surface area contributed by atoms with E-state index in [0.717, 1.165) is 0 Å². The molecule has 5 nitrogen and oxygen atoms in total. The van der Waals surface area contributed by atoms with Crippen molar-refractivity contribution in [2.45, 2.75) is 38.5 Å². The van der Waals surface area contributed by atoms with Crippen molar-refractivity contribution in [3.63, 3.8) is 0 Å². The van der Waals surface area contributed by atoms with Gasteiger partial charge in [0.2, 0.25) is 6.43 Å². The highest BCUT2D eigenvalue weighted by Gasteiger charge is 2.21. The Labute approximate surface area is 151 Å². The zero-order valence-corrected chi connectivity index (χ0v) is 14.8. The summed E-state index contributed by atoms with van der Waals surface area (Å²) in [5.74, 6) is 0.674. The van der Waals surface area contributed by atoms with Gasteiger partial charge in [-0.3, -0.25) is 9.48 Å². The average Bonchev–Trinajstić information content (AvgIpc) is 3.23. The quantitative estimate of drug-likeness (QED) is 0.807. The number of halogens is 2. The van der Waals surface area contributed by atoms with E-state index in [1.54, 1.807) is 25.2 Å². The van der Waals surface area contributed by atoms with E-state index in [4.69, 9.17) is 4.74 Å². The fourth-order valence-electron chi connectivity index (χ4n) is 3.29. The van der Waals surface area contributed by atoms with Gasteiger partial charge in [0.05, 0.1) is 30.0 Å². The van der Waals surface area contributed by atoms with Crippen LogP contribution in [-0.2, 0) is 13.5 Å². The number of alkyl halides is 2. The van der Waals surface area contributed by atoms with Crippen molar-refractivity contribution in [2.75, 3.05) is 11.9 Å². The second kappa shape index (κ2) is 8.29. The van der Waals surface area contributed by atoms with Crippen LogP contribution in [0.25, 0.3) is 0 Å².